The largest absolute Gasteiger partial charge is 0.480 e. The van der Waals surface area contributed by atoms with E-state index in [4.69, 9.17) is 22.9 Å². The molecule has 17 N–H and O–H groups in total. The summed E-state index contributed by atoms with van der Waals surface area (Å²) in [5.74, 6) is -13.0. The number of benzene rings is 2. The van der Waals surface area contributed by atoms with Gasteiger partial charge in [0.05, 0.1) is 31.8 Å². The lowest BCUT2D eigenvalue weighted by atomic mass is 9.96. The van der Waals surface area contributed by atoms with E-state index in [9.17, 15) is 62.6 Å². The van der Waals surface area contributed by atoms with E-state index in [1.54, 1.807) is 102 Å². The molecule has 0 heterocycles. The number of nitrogens with two attached hydrogens (primary N) is 4. The highest BCUT2D eigenvalue weighted by atomic mass is 16.4. The second-order valence-electron chi connectivity index (χ2n) is 19.1. The summed E-state index contributed by atoms with van der Waals surface area (Å²) < 4.78 is 0. The number of hydrogen-bond acceptors (Lipinski definition) is 13. The Labute approximate surface area is 435 Å². The lowest BCUT2D eigenvalue weighted by molar-refractivity contribution is -0.143. The number of hydrogen-bond donors (Lipinski definition) is 13. The van der Waals surface area contributed by atoms with Gasteiger partial charge >= 0.3 is 5.97 Å². The molecule has 9 atom stereocenters. The predicted molar refractivity (Wildman–Crippen MR) is 272 cm³/mol. The zero-order valence-electron chi connectivity index (χ0n) is 43.1. The van der Waals surface area contributed by atoms with Gasteiger partial charge in [-0.3, -0.25) is 52.7 Å². The Morgan fingerprint density at radius 1 is 0.467 bits per heavy atom. The molecule has 2 aromatic rings. The first kappa shape index (κ1) is 63.2. The lowest BCUT2D eigenvalue weighted by Crippen LogP contribution is -2.60. The summed E-state index contributed by atoms with van der Waals surface area (Å²) in [5.41, 5.74) is 23.4. The fourth-order valence-electron chi connectivity index (χ4n) is 7.50. The molecule has 0 fully saturated rings. The molecule has 2 aromatic carbocycles. The molecule has 0 aliphatic heterocycles. The minimum absolute atomic E-state index is 0.0354. The molecular formula is C50H74N12O13. The number of amides is 11. The van der Waals surface area contributed by atoms with E-state index in [0.29, 0.717) is 17.5 Å². The Morgan fingerprint density at radius 2 is 0.853 bits per heavy atom. The van der Waals surface area contributed by atoms with Gasteiger partial charge < -0.3 is 70.6 Å². The van der Waals surface area contributed by atoms with Crippen molar-refractivity contribution in [3.63, 3.8) is 0 Å². The second kappa shape index (κ2) is 31.6. The van der Waals surface area contributed by atoms with Crippen LogP contribution in [0.5, 0.6) is 0 Å². The highest BCUT2D eigenvalue weighted by Crippen LogP contribution is 2.14. The topological polar surface area (TPSA) is 425 Å². The standard InChI is InChI=1S/C50H74N12O13/c1-7-28(6)42(49(73)61-37(50(74)75)19-27(4)5)62-48(72)33(21-30-16-12-9-13-17-30)59-45(69)32(18-26(2)3)58-46(70)35(23-39(53)64)56-41(66)25-55-44(68)34(22-38(52)63)60-47(71)36(24-40(54)65)57-43(67)31(51)20-29-14-10-8-11-15-29/h8-17,26-28,31-37,42H,7,18-25,51H2,1-6H3,(H2,52,63)(H2,53,64)(H2,54,65)(H,55,68)(H,56,66)(H,57,67)(H,58,70)(H,59,69)(H,60,71)(H,61,73)(H,62,72)(H,74,75)/t28-,31-,32-,33-,34-,35-,36-,37-,42-/m0/s1. The minimum Gasteiger partial charge on any atom is -0.480 e. The van der Waals surface area contributed by atoms with Gasteiger partial charge in [-0.05, 0) is 48.1 Å². The Morgan fingerprint density at radius 3 is 1.32 bits per heavy atom. The smallest absolute Gasteiger partial charge is 0.326 e. The Bertz CT molecular complexity index is 2320. The summed E-state index contributed by atoms with van der Waals surface area (Å²) in [6, 6.07) is 5.59. The van der Waals surface area contributed by atoms with Crippen LogP contribution in [0, 0.1) is 17.8 Å². The zero-order chi connectivity index (χ0) is 56.5. The van der Waals surface area contributed by atoms with Crippen LogP contribution in [0.15, 0.2) is 60.7 Å². The fourth-order valence-corrected chi connectivity index (χ4v) is 7.50. The Hall–Kier alpha value is -7.96. The number of primary amides is 3. The molecule has 2 rings (SSSR count). The molecule has 0 aliphatic rings. The predicted octanol–water partition coefficient (Wildman–Crippen LogP) is -2.84. The van der Waals surface area contributed by atoms with Gasteiger partial charge in [0.25, 0.3) is 0 Å². The number of aliphatic carboxylic acids is 1. The highest BCUT2D eigenvalue weighted by molar-refractivity contribution is 6.00. The molecule has 11 amide bonds. The normalized spacial score (nSPS) is 14.6. The highest BCUT2D eigenvalue weighted by Gasteiger charge is 2.36. The average molecular weight is 1050 g/mol. The number of carboxylic acids is 1. The van der Waals surface area contributed by atoms with Crippen LogP contribution in [0.4, 0.5) is 0 Å². The molecule has 0 unspecified atom stereocenters. The molecular weight excluding hydrogens is 977 g/mol. The third kappa shape index (κ3) is 23.6. The quantitative estimate of drug-likeness (QED) is 0.0343. The summed E-state index contributed by atoms with van der Waals surface area (Å²) in [5, 5.41) is 29.1. The summed E-state index contributed by atoms with van der Waals surface area (Å²) >= 11 is 0. The van der Waals surface area contributed by atoms with Crippen LogP contribution in [-0.2, 0) is 70.4 Å². The molecule has 412 valence electrons. The van der Waals surface area contributed by atoms with Gasteiger partial charge in [0, 0.05) is 6.42 Å². The van der Waals surface area contributed by atoms with Crippen LogP contribution >= 0.6 is 0 Å². The molecule has 0 bridgehead atoms. The summed E-state index contributed by atoms with van der Waals surface area (Å²) in [7, 11) is 0. The third-order valence-electron chi connectivity index (χ3n) is 11.6. The molecule has 0 aromatic heterocycles. The van der Waals surface area contributed by atoms with Crippen LogP contribution in [0.2, 0.25) is 0 Å². The molecule has 25 heteroatoms. The van der Waals surface area contributed by atoms with Gasteiger partial charge in [0.2, 0.25) is 65.0 Å². The SMILES string of the molecule is CC[C@H](C)[C@H](NC(=O)[C@H](Cc1ccccc1)NC(=O)[C@H](CC(C)C)NC(=O)[C@H](CC(N)=O)NC(=O)CNC(=O)[C@H](CC(N)=O)NC(=O)[C@H](CC(N)=O)NC(=O)[C@@H](N)Cc1ccccc1)C(=O)N[C@@H](CC(C)C)C(=O)O. The molecule has 0 aliphatic carbocycles. The molecule has 0 saturated carbocycles. The Balaban J connectivity index is 2.30. The van der Waals surface area contributed by atoms with Crippen molar-refractivity contribution in [1.29, 1.82) is 0 Å². The zero-order valence-corrected chi connectivity index (χ0v) is 43.1. The van der Waals surface area contributed by atoms with Crippen molar-refractivity contribution in [1.82, 2.24) is 42.5 Å². The van der Waals surface area contributed by atoms with E-state index < -0.39 is 151 Å². The van der Waals surface area contributed by atoms with Crippen LogP contribution < -0.4 is 65.5 Å². The van der Waals surface area contributed by atoms with Crippen molar-refractivity contribution in [2.75, 3.05) is 6.54 Å². The first-order valence-corrected chi connectivity index (χ1v) is 24.5. The third-order valence-corrected chi connectivity index (χ3v) is 11.6. The Kier molecular flexibility index (Phi) is 26.6. The van der Waals surface area contributed by atoms with Gasteiger partial charge in [-0.2, -0.15) is 0 Å². The summed E-state index contributed by atoms with van der Waals surface area (Å²) in [6.07, 6.45) is -1.93. The van der Waals surface area contributed by atoms with Crippen LogP contribution in [0.25, 0.3) is 0 Å². The van der Waals surface area contributed by atoms with E-state index in [-0.39, 0.29) is 37.5 Å². The van der Waals surface area contributed by atoms with Gasteiger partial charge in [-0.15, -0.1) is 0 Å². The van der Waals surface area contributed by atoms with Crippen LogP contribution in [-0.4, -0.2) is 131 Å². The minimum atomic E-state index is -1.78. The monoisotopic (exact) mass is 1050 g/mol. The van der Waals surface area contributed by atoms with Gasteiger partial charge in [-0.1, -0.05) is 109 Å². The van der Waals surface area contributed by atoms with Gasteiger partial charge in [0.15, 0.2) is 0 Å². The number of rotatable bonds is 33. The maximum absolute atomic E-state index is 14.2. The lowest BCUT2D eigenvalue weighted by Gasteiger charge is -2.29. The average Bonchev–Trinajstić information content (AvgIpc) is 3.32. The maximum atomic E-state index is 14.2. The van der Waals surface area contributed by atoms with Crippen molar-refractivity contribution in [3.8, 4) is 0 Å². The van der Waals surface area contributed by atoms with E-state index >= 15 is 0 Å². The van der Waals surface area contributed by atoms with Crippen LogP contribution in [0.3, 0.4) is 0 Å². The number of carbonyl (C=O) groups is 12. The first-order valence-electron chi connectivity index (χ1n) is 24.5. The summed E-state index contributed by atoms with van der Waals surface area (Å²) in [4.78, 5) is 157. The number of carboxylic acid groups (broad SMARTS) is 1. The molecule has 25 nitrogen and oxygen atoms in total. The molecule has 0 saturated heterocycles. The fraction of sp³-hybridized carbons (Fsp3) is 0.520. The van der Waals surface area contributed by atoms with Crippen LogP contribution in [0.1, 0.15) is 91.2 Å². The number of carbonyl (C=O) groups excluding carboxylic acids is 11. The van der Waals surface area contributed by atoms with E-state index in [2.05, 4.69) is 42.5 Å². The summed E-state index contributed by atoms with van der Waals surface area (Å²) in [6.45, 7) is 9.59. The van der Waals surface area contributed by atoms with E-state index in [1.165, 1.54) is 0 Å². The maximum Gasteiger partial charge on any atom is 0.326 e. The molecule has 0 radical (unpaired) electrons. The first-order chi connectivity index (χ1) is 35.2. The molecule has 0 spiro atoms. The van der Waals surface area contributed by atoms with Crippen molar-refractivity contribution < 1.29 is 62.6 Å². The van der Waals surface area contributed by atoms with E-state index in [0.717, 1.165) is 0 Å². The van der Waals surface area contributed by atoms with Crippen molar-refractivity contribution in [2.24, 2.45) is 40.7 Å². The van der Waals surface area contributed by atoms with Crippen molar-refractivity contribution >= 4 is 70.9 Å². The second-order valence-corrected chi connectivity index (χ2v) is 19.1. The number of nitrogens with one attached hydrogen (secondary N) is 8. The van der Waals surface area contributed by atoms with Crippen molar-refractivity contribution in [3.05, 3.63) is 71.8 Å². The van der Waals surface area contributed by atoms with Gasteiger partial charge in [-0.25, -0.2) is 4.79 Å². The molecule has 75 heavy (non-hydrogen) atoms. The van der Waals surface area contributed by atoms with Crippen molar-refractivity contribution in [2.45, 2.75) is 141 Å². The van der Waals surface area contributed by atoms with Gasteiger partial charge in [0.1, 0.15) is 42.3 Å². The van der Waals surface area contributed by atoms with E-state index in [1.807, 2.05) is 0 Å².